The maximum atomic E-state index is 12.4. The van der Waals surface area contributed by atoms with Crippen LogP contribution in [0.2, 0.25) is 0 Å². The lowest BCUT2D eigenvalue weighted by atomic mass is 9.93. The first-order chi connectivity index (χ1) is 11.6. The molecule has 0 aromatic heterocycles. The Morgan fingerprint density at radius 1 is 1.28 bits per heavy atom. The standard InChI is InChI=1S/C18H27N3O3.ClH/c1-3-24-16-8-12(4-7-15(16)23-2)9-20-18(22)21-10-13-5-6-14(11-21)17(13)19;/h4,7-8,13-14,17H,3,5-6,9-11,19H2,1-2H3,(H,20,22);1H/t13-,14+,17?;. The SMILES string of the molecule is CCOc1cc(CNC(=O)N2C[C@H]3CC[C@@H](C2)C3N)ccc1OC.Cl. The molecule has 3 rings (SSSR count). The van der Waals surface area contributed by atoms with Crippen LogP contribution >= 0.6 is 12.4 Å². The first kappa shape index (κ1) is 19.7. The van der Waals surface area contributed by atoms with Crippen molar-refractivity contribution in [2.45, 2.75) is 32.4 Å². The van der Waals surface area contributed by atoms with Crippen LogP contribution in [0.5, 0.6) is 11.5 Å². The number of amides is 2. The van der Waals surface area contributed by atoms with E-state index in [-0.39, 0.29) is 24.5 Å². The summed E-state index contributed by atoms with van der Waals surface area (Å²) in [6.45, 7) is 4.53. The Balaban J connectivity index is 0.00000225. The minimum absolute atomic E-state index is 0. The molecule has 140 valence electrons. The summed E-state index contributed by atoms with van der Waals surface area (Å²) >= 11 is 0. The topological polar surface area (TPSA) is 76.8 Å². The van der Waals surface area contributed by atoms with Crippen molar-refractivity contribution in [3.8, 4) is 11.5 Å². The zero-order chi connectivity index (χ0) is 17.1. The third-order valence-corrected chi connectivity index (χ3v) is 5.17. The molecule has 2 bridgehead atoms. The number of urea groups is 1. The van der Waals surface area contributed by atoms with Gasteiger partial charge in [-0.15, -0.1) is 12.4 Å². The number of nitrogens with zero attached hydrogens (tertiary/aromatic N) is 1. The molecule has 3 atom stereocenters. The van der Waals surface area contributed by atoms with E-state index in [1.165, 1.54) is 0 Å². The fourth-order valence-electron chi connectivity index (χ4n) is 3.82. The number of halogens is 1. The van der Waals surface area contributed by atoms with Gasteiger partial charge in [0.1, 0.15) is 0 Å². The molecule has 1 unspecified atom stereocenters. The molecule has 1 aliphatic carbocycles. The van der Waals surface area contributed by atoms with Crippen LogP contribution < -0.4 is 20.5 Å². The molecule has 7 heteroatoms. The molecule has 2 amide bonds. The molecule has 1 aromatic carbocycles. The van der Waals surface area contributed by atoms with Crippen LogP contribution in [-0.2, 0) is 6.54 Å². The Kier molecular flexibility index (Phi) is 6.79. The molecule has 6 nitrogen and oxygen atoms in total. The lowest BCUT2D eigenvalue weighted by Gasteiger charge is -2.36. The van der Waals surface area contributed by atoms with Gasteiger partial charge in [0, 0.05) is 25.7 Å². The number of nitrogens with two attached hydrogens (primary N) is 1. The molecule has 2 aliphatic rings. The summed E-state index contributed by atoms with van der Waals surface area (Å²) in [7, 11) is 1.62. The second-order valence-electron chi connectivity index (χ2n) is 6.66. The summed E-state index contributed by atoms with van der Waals surface area (Å²) in [5, 5.41) is 3.01. The second kappa shape index (κ2) is 8.63. The van der Waals surface area contributed by atoms with Gasteiger partial charge >= 0.3 is 6.03 Å². The highest BCUT2D eigenvalue weighted by molar-refractivity contribution is 5.85. The zero-order valence-electron chi connectivity index (χ0n) is 14.9. The maximum Gasteiger partial charge on any atom is 0.317 e. The number of nitrogens with one attached hydrogen (secondary N) is 1. The van der Waals surface area contributed by atoms with Crippen LogP contribution in [0, 0.1) is 11.8 Å². The van der Waals surface area contributed by atoms with E-state index >= 15 is 0 Å². The Hall–Kier alpha value is -1.66. The van der Waals surface area contributed by atoms with E-state index in [0.29, 0.717) is 36.5 Å². The molecular formula is C18H28ClN3O3. The number of carbonyl (C=O) groups is 1. The van der Waals surface area contributed by atoms with E-state index in [9.17, 15) is 4.79 Å². The third-order valence-electron chi connectivity index (χ3n) is 5.17. The highest BCUT2D eigenvalue weighted by Gasteiger charge is 2.41. The fraction of sp³-hybridized carbons (Fsp3) is 0.611. The molecule has 1 aromatic rings. The average Bonchev–Trinajstić information content (AvgIpc) is 2.81. The maximum absolute atomic E-state index is 12.4. The molecule has 2 fully saturated rings. The minimum Gasteiger partial charge on any atom is -0.493 e. The minimum atomic E-state index is -0.00687. The molecule has 1 saturated heterocycles. The Morgan fingerprint density at radius 3 is 2.56 bits per heavy atom. The molecule has 25 heavy (non-hydrogen) atoms. The van der Waals surface area contributed by atoms with Crippen molar-refractivity contribution in [1.29, 1.82) is 0 Å². The normalized spacial score (nSPS) is 24.4. The predicted molar refractivity (Wildman–Crippen MR) is 99.4 cm³/mol. The van der Waals surface area contributed by atoms with E-state index in [4.69, 9.17) is 15.2 Å². The fourth-order valence-corrected chi connectivity index (χ4v) is 3.82. The first-order valence-corrected chi connectivity index (χ1v) is 8.70. The third kappa shape index (κ3) is 4.30. The number of rotatable bonds is 5. The monoisotopic (exact) mass is 369 g/mol. The van der Waals surface area contributed by atoms with Gasteiger partial charge in [0.05, 0.1) is 13.7 Å². The second-order valence-corrected chi connectivity index (χ2v) is 6.66. The Labute approximate surface area is 155 Å². The van der Waals surface area contributed by atoms with E-state index in [1.807, 2.05) is 30.0 Å². The van der Waals surface area contributed by atoms with Gasteiger partial charge in [-0.25, -0.2) is 4.79 Å². The highest BCUT2D eigenvalue weighted by atomic mass is 35.5. The van der Waals surface area contributed by atoms with Gasteiger partial charge in [0.15, 0.2) is 11.5 Å². The molecular weight excluding hydrogens is 342 g/mol. The first-order valence-electron chi connectivity index (χ1n) is 8.70. The van der Waals surface area contributed by atoms with E-state index < -0.39 is 0 Å². The predicted octanol–water partition coefficient (Wildman–Crippen LogP) is 2.39. The number of piperidine rings is 1. The lowest BCUT2D eigenvalue weighted by Crippen LogP contribution is -2.53. The van der Waals surface area contributed by atoms with Gasteiger partial charge < -0.3 is 25.4 Å². The molecule has 0 radical (unpaired) electrons. The van der Waals surface area contributed by atoms with E-state index in [1.54, 1.807) is 7.11 Å². The Morgan fingerprint density at radius 2 is 1.96 bits per heavy atom. The average molecular weight is 370 g/mol. The van der Waals surface area contributed by atoms with E-state index in [0.717, 1.165) is 31.5 Å². The largest absolute Gasteiger partial charge is 0.493 e. The zero-order valence-corrected chi connectivity index (χ0v) is 15.7. The van der Waals surface area contributed by atoms with Crippen LogP contribution in [0.25, 0.3) is 0 Å². The summed E-state index contributed by atoms with van der Waals surface area (Å²) in [5.41, 5.74) is 7.19. The number of carbonyl (C=O) groups excluding carboxylic acids is 1. The van der Waals surface area contributed by atoms with Crippen molar-refractivity contribution >= 4 is 18.4 Å². The number of hydrogen-bond acceptors (Lipinski definition) is 4. The molecule has 1 aliphatic heterocycles. The molecule has 3 N–H and O–H groups in total. The number of benzene rings is 1. The number of fused-ring (bicyclic) bond motifs is 2. The van der Waals surface area contributed by atoms with Gasteiger partial charge in [-0.2, -0.15) is 0 Å². The lowest BCUT2D eigenvalue weighted by molar-refractivity contribution is 0.150. The number of ether oxygens (including phenoxy) is 2. The number of methoxy groups -OCH3 is 1. The van der Waals surface area contributed by atoms with Gasteiger partial charge in [0.2, 0.25) is 0 Å². The number of likely N-dealkylation sites (tertiary alicyclic amines) is 1. The van der Waals surface area contributed by atoms with Crippen LogP contribution in [0.15, 0.2) is 18.2 Å². The number of hydrogen-bond donors (Lipinski definition) is 2. The molecule has 1 saturated carbocycles. The summed E-state index contributed by atoms with van der Waals surface area (Å²) < 4.78 is 10.9. The van der Waals surface area contributed by atoms with Gasteiger partial charge in [-0.3, -0.25) is 0 Å². The van der Waals surface area contributed by atoms with E-state index in [2.05, 4.69) is 5.32 Å². The highest BCUT2D eigenvalue weighted by Crippen LogP contribution is 2.35. The van der Waals surface area contributed by atoms with Crippen LogP contribution in [0.3, 0.4) is 0 Å². The summed E-state index contributed by atoms with van der Waals surface area (Å²) in [4.78, 5) is 14.4. The van der Waals surface area contributed by atoms with Gasteiger partial charge in [-0.05, 0) is 49.3 Å². The van der Waals surface area contributed by atoms with Crippen LogP contribution in [0.1, 0.15) is 25.3 Å². The Bertz CT molecular complexity index is 585. The van der Waals surface area contributed by atoms with Crippen molar-refractivity contribution in [3.05, 3.63) is 23.8 Å². The van der Waals surface area contributed by atoms with Crippen molar-refractivity contribution in [2.75, 3.05) is 26.8 Å². The molecule has 0 spiro atoms. The van der Waals surface area contributed by atoms with Crippen LogP contribution in [0.4, 0.5) is 4.79 Å². The smallest absolute Gasteiger partial charge is 0.317 e. The molecule has 1 heterocycles. The summed E-state index contributed by atoms with van der Waals surface area (Å²) in [6, 6.07) is 5.99. The summed E-state index contributed by atoms with van der Waals surface area (Å²) in [5.74, 6) is 2.32. The van der Waals surface area contributed by atoms with Crippen molar-refractivity contribution in [1.82, 2.24) is 10.2 Å². The summed E-state index contributed by atoms with van der Waals surface area (Å²) in [6.07, 6.45) is 2.29. The van der Waals surface area contributed by atoms with Gasteiger partial charge in [-0.1, -0.05) is 6.07 Å². The van der Waals surface area contributed by atoms with Crippen LogP contribution in [-0.4, -0.2) is 43.8 Å². The van der Waals surface area contributed by atoms with Crippen molar-refractivity contribution in [2.24, 2.45) is 17.6 Å². The van der Waals surface area contributed by atoms with Crippen molar-refractivity contribution in [3.63, 3.8) is 0 Å². The van der Waals surface area contributed by atoms with Gasteiger partial charge in [0.25, 0.3) is 0 Å². The van der Waals surface area contributed by atoms with Crippen molar-refractivity contribution < 1.29 is 14.3 Å². The quantitative estimate of drug-likeness (QED) is 0.835.